The van der Waals surface area contributed by atoms with Gasteiger partial charge < -0.3 is 20.1 Å². The first-order chi connectivity index (χ1) is 10.5. The summed E-state index contributed by atoms with van der Waals surface area (Å²) in [4.78, 5) is 23.6. The van der Waals surface area contributed by atoms with Gasteiger partial charge in [-0.25, -0.2) is 9.59 Å². The van der Waals surface area contributed by atoms with Crippen molar-refractivity contribution in [1.29, 1.82) is 0 Å². The fourth-order valence-corrected chi connectivity index (χ4v) is 1.81. The average molecular weight is 306 g/mol. The second-order valence-electron chi connectivity index (χ2n) is 5.51. The summed E-state index contributed by atoms with van der Waals surface area (Å²) in [5.41, 5.74) is 0.958. The number of carbonyl (C=O) groups excluding carboxylic acids is 2. The van der Waals surface area contributed by atoms with Crippen molar-refractivity contribution < 1.29 is 19.1 Å². The summed E-state index contributed by atoms with van der Waals surface area (Å²) in [6, 6.07) is 6.71. The quantitative estimate of drug-likeness (QED) is 0.599. The predicted octanol–water partition coefficient (Wildman–Crippen LogP) is 2.55. The fraction of sp³-hybridized carbons (Fsp3) is 0.500. The molecule has 0 spiro atoms. The zero-order chi connectivity index (χ0) is 15.9. The SMILES string of the molecule is CC(C)OCCOC(=O)c1cccc(NC(=O)NC2CC2)c1. The summed E-state index contributed by atoms with van der Waals surface area (Å²) in [6.07, 6.45) is 2.16. The van der Waals surface area contributed by atoms with Crippen molar-refractivity contribution in [1.82, 2.24) is 5.32 Å². The van der Waals surface area contributed by atoms with Gasteiger partial charge in [0.25, 0.3) is 0 Å². The lowest BCUT2D eigenvalue weighted by Gasteiger charge is -2.10. The van der Waals surface area contributed by atoms with E-state index in [1.54, 1.807) is 24.3 Å². The predicted molar refractivity (Wildman–Crippen MR) is 83.0 cm³/mol. The lowest BCUT2D eigenvalue weighted by molar-refractivity contribution is 0.0177. The van der Waals surface area contributed by atoms with Crippen LogP contribution >= 0.6 is 0 Å². The number of carbonyl (C=O) groups is 2. The molecule has 0 bridgehead atoms. The molecule has 0 aromatic heterocycles. The van der Waals surface area contributed by atoms with E-state index in [2.05, 4.69) is 10.6 Å². The van der Waals surface area contributed by atoms with E-state index in [4.69, 9.17) is 9.47 Å². The van der Waals surface area contributed by atoms with Gasteiger partial charge in [0.1, 0.15) is 6.61 Å². The van der Waals surface area contributed by atoms with Gasteiger partial charge in [0.05, 0.1) is 18.3 Å². The number of benzene rings is 1. The van der Waals surface area contributed by atoms with E-state index >= 15 is 0 Å². The maximum absolute atomic E-state index is 11.9. The molecule has 2 amide bonds. The van der Waals surface area contributed by atoms with Gasteiger partial charge >= 0.3 is 12.0 Å². The van der Waals surface area contributed by atoms with E-state index in [1.807, 2.05) is 13.8 Å². The second-order valence-corrected chi connectivity index (χ2v) is 5.51. The summed E-state index contributed by atoms with van der Waals surface area (Å²) < 4.78 is 10.4. The van der Waals surface area contributed by atoms with Gasteiger partial charge in [0.15, 0.2) is 0 Å². The van der Waals surface area contributed by atoms with Crippen molar-refractivity contribution in [2.24, 2.45) is 0 Å². The molecule has 1 aliphatic carbocycles. The molecular formula is C16H22N2O4. The summed E-state index contributed by atoms with van der Waals surface area (Å²) in [6.45, 7) is 4.41. The lowest BCUT2D eigenvalue weighted by atomic mass is 10.2. The van der Waals surface area contributed by atoms with Crippen LogP contribution in [0.25, 0.3) is 0 Å². The second kappa shape index (κ2) is 7.79. The Morgan fingerprint density at radius 1 is 1.27 bits per heavy atom. The number of urea groups is 1. The minimum Gasteiger partial charge on any atom is -0.460 e. The van der Waals surface area contributed by atoms with Crippen LogP contribution in [0.5, 0.6) is 0 Å². The maximum atomic E-state index is 11.9. The Kier molecular flexibility index (Phi) is 5.77. The van der Waals surface area contributed by atoms with Crippen molar-refractivity contribution in [2.75, 3.05) is 18.5 Å². The molecule has 1 aromatic rings. The highest BCUT2D eigenvalue weighted by molar-refractivity contribution is 5.94. The van der Waals surface area contributed by atoms with Crippen LogP contribution < -0.4 is 10.6 Å². The number of esters is 1. The molecule has 6 heteroatoms. The lowest BCUT2D eigenvalue weighted by Crippen LogP contribution is -2.30. The number of rotatable bonds is 7. The van der Waals surface area contributed by atoms with Crippen LogP contribution in [0.2, 0.25) is 0 Å². The molecule has 0 saturated heterocycles. The van der Waals surface area contributed by atoms with Crippen LogP contribution in [-0.4, -0.2) is 37.4 Å². The van der Waals surface area contributed by atoms with Crippen LogP contribution in [-0.2, 0) is 9.47 Å². The molecule has 0 radical (unpaired) electrons. The zero-order valence-corrected chi connectivity index (χ0v) is 12.9. The number of ether oxygens (including phenoxy) is 2. The molecule has 0 aliphatic heterocycles. The highest BCUT2D eigenvalue weighted by Gasteiger charge is 2.23. The highest BCUT2D eigenvalue weighted by Crippen LogP contribution is 2.19. The standard InChI is InChI=1S/C16H22N2O4/c1-11(2)21-8-9-22-15(19)12-4-3-5-14(10-12)18-16(20)17-13-6-7-13/h3-5,10-11,13H,6-9H2,1-2H3,(H2,17,18,20). The third-order valence-corrected chi connectivity index (χ3v) is 3.04. The minimum absolute atomic E-state index is 0.108. The molecule has 6 nitrogen and oxygen atoms in total. The van der Waals surface area contributed by atoms with Crippen LogP contribution in [0.3, 0.4) is 0 Å². The smallest absolute Gasteiger partial charge is 0.338 e. The van der Waals surface area contributed by atoms with Crippen molar-refractivity contribution >= 4 is 17.7 Å². The number of anilines is 1. The van der Waals surface area contributed by atoms with E-state index in [0.29, 0.717) is 17.9 Å². The first-order valence-electron chi connectivity index (χ1n) is 7.51. The molecule has 1 aliphatic rings. The zero-order valence-electron chi connectivity index (χ0n) is 12.9. The van der Waals surface area contributed by atoms with Crippen molar-refractivity contribution in [3.05, 3.63) is 29.8 Å². The normalized spacial score (nSPS) is 13.8. The fourth-order valence-electron chi connectivity index (χ4n) is 1.81. The topological polar surface area (TPSA) is 76.7 Å². The number of nitrogens with one attached hydrogen (secondary N) is 2. The number of hydrogen-bond acceptors (Lipinski definition) is 4. The molecular weight excluding hydrogens is 284 g/mol. The van der Waals surface area contributed by atoms with Crippen molar-refractivity contribution in [2.45, 2.75) is 38.8 Å². The minimum atomic E-state index is -0.432. The molecule has 2 rings (SSSR count). The van der Waals surface area contributed by atoms with Gasteiger partial charge in [-0.15, -0.1) is 0 Å². The molecule has 0 atom stereocenters. The molecule has 2 N–H and O–H groups in total. The summed E-state index contributed by atoms with van der Waals surface area (Å²) in [7, 11) is 0. The Morgan fingerprint density at radius 3 is 2.73 bits per heavy atom. The molecule has 0 heterocycles. The van der Waals surface area contributed by atoms with Crippen LogP contribution in [0.4, 0.5) is 10.5 Å². The van der Waals surface area contributed by atoms with Gasteiger partial charge in [-0.3, -0.25) is 0 Å². The monoisotopic (exact) mass is 306 g/mol. The molecule has 120 valence electrons. The van der Waals surface area contributed by atoms with Crippen molar-refractivity contribution in [3.8, 4) is 0 Å². The maximum Gasteiger partial charge on any atom is 0.338 e. The van der Waals surface area contributed by atoms with Gasteiger partial charge in [-0.05, 0) is 44.9 Å². The Morgan fingerprint density at radius 2 is 2.05 bits per heavy atom. The van der Waals surface area contributed by atoms with Crippen molar-refractivity contribution in [3.63, 3.8) is 0 Å². The highest BCUT2D eigenvalue weighted by atomic mass is 16.6. The molecule has 0 unspecified atom stereocenters. The van der Waals surface area contributed by atoms with E-state index in [1.165, 1.54) is 0 Å². The van der Waals surface area contributed by atoms with Crippen LogP contribution in [0.1, 0.15) is 37.0 Å². The summed E-state index contributed by atoms with van der Waals surface area (Å²) in [5.74, 6) is -0.432. The van der Waals surface area contributed by atoms with E-state index in [-0.39, 0.29) is 24.8 Å². The van der Waals surface area contributed by atoms with E-state index in [9.17, 15) is 9.59 Å². The van der Waals surface area contributed by atoms with Gasteiger partial charge in [0.2, 0.25) is 0 Å². The van der Waals surface area contributed by atoms with E-state index in [0.717, 1.165) is 12.8 Å². The first-order valence-corrected chi connectivity index (χ1v) is 7.51. The Bertz CT molecular complexity index is 527. The molecule has 1 fully saturated rings. The third-order valence-electron chi connectivity index (χ3n) is 3.04. The van der Waals surface area contributed by atoms with Crippen LogP contribution in [0, 0.1) is 0 Å². The number of hydrogen-bond donors (Lipinski definition) is 2. The average Bonchev–Trinajstić information content (AvgIpc) is 3.27. The van der Waals surface area contributed by atoms with Gasteiger partial charge in [-0.2, -0.15) is 0 Å². The molecule has 1 aromatic carbocycles. The Hall–Kier alpha value is -2.08. The van der Waals surface area contributed by atoms with Gasteiger partial charge in [0, 0.05) is 11.7 Å². The summed E-state index contributed by atoms with van der Waals surface area (Å²) in [5, 5.41) is 5.53. The largest absolute Gasteiger partial charge is 0.460 e. The third kappa shape index (κ3) is 5.73. The van der Waals surface area contributed by atoms with Crippen LogP contribution in [0.15, 0.2) is 24.3 Å². The number of amides is 2. The molecule has 22 heavy (non-hydrogen) atoms. The van der Waals surface area contributed by atoms with E-state index < -0.39 is 5.97 Å². The Balaban J connectivity index is 1.81. The summed E-state index contributed by atoms with van der Waals surface area (Å²) >= 11 is 0. The first kappa shape index (κ1) is 16.3. The van der Waals surface area contributed by atoms with Gasteiger partial charge in [-0.1, -0.05) is 6.07 Å². The Labute approximate surface area is 130 Å². The molecule has 1 saturated carbocycles.